The molecule has 5 fully saturated rings. The van der Waals surface area contributed by atoms with Gasteiger partial charge in [0.15, 0.2) is 11.9 Å². The van der Waals surface area contributed by atoms with Crippen LogP contribution in [0.2, 0.25) is 0 Å². The molecular formula is C16H26O5. The van der Waals surface area contributed by atoms with E-state index < -0.39 is 17.7 Å². The third-order valence-electron chi connectivity index (χ3n) is 6.47. The zero-order valence-electron chi connectivity index (χ0n) is 13.1. The Morgan fingerprint density at radius 2 is 1.90 bits per heavy atom. The molecule has 5 nitrogen and oxygen atoms in total. The fourth-order valence-electron chi connectivity index (χ4n) is 5.19. The number of hydrogen-bond acceptors (Lipinski definition) is 5. The van der Waals surface area contributed by atoms with Crippen molar-refractivity contribution in [3.8, 4) is 0 Å². The summed E-state index contributed by atoms with van der Waals surface area (Å²) in [6.45, 7) is 6.42. The lowest BCUT2D eigenvalue weighted by Crippen LogP contribution is -2.70. The molecule has 1 saturated carbocycles. The fraction of sp³-hybridized carbons (Fsp3) is 1.00. The molecule has 4 saturated heterocycles. The summed E-state index contributed by atoms with van der Waals surface area (Å²) in [4.78, 5) is 11.8. The van der Waals surface area contributed by atoms with Gasteiger partial charge in [-0.25, -0.2) is 9.78 Å². The van der Waals surface area contributed by atoms with Gasteiger partial charge in [-0.05, 0) is 43.9 Å². The quantitative estimate of drug-likeness (QED) is 0.752. The van der Waals surface area contributed by atoms with Gasteiger partial charge < -0.3 is 14.6 Å². The van der Waals surface area contributed by atoms with Crippen molar-refractivity contribution in [1.29, 1.82) is 0 Å². The Bertz CT molecular complexity index is 429. The lowest BCUT2D eigenvalue weighted by Gasteiger charge is -2.60. The number of aliphatic hydroxyl groups is 1. The molecule has 4 heterocycles. The Kier molecular flexibility index (Phi) is 3.19. The molecule has 1 N–H and O–H groups in total. The average Bonchev–Trinajstić information content (AvgIpc) is 2.69. The van der Waals surface area contributed by atoms with E-state index in [4.69, 9.17) is 19.2 Å². The van der Waals surface area contributed by atoms with Crippen molar-refractivity contribution in [3.63, 3.8) is 0 Å². The lowest BCUT2D eigenvalue weighted by molar-refractivity contribution is -0.571. The van der Waals surface area contributed by atoms with Crippen LogP contribution in [-0.4, -0.2) is 35.5 Å². The highest BCUT2D eigenvalue weighted by Gasteiger charge is 2.69. The van der Waals surface area contributed by atoms with E-state index in [9.17, 15) is 5.11 Å². The number of ether oxygens (including phenoxy) is 2. The molecule has 1 aliphatic carbocycles. The first-order valence-electron chi connectivity index (χ1n) is 8.31. The normalized spacial score (nSPS) is 59.4. The van der Waals surface area contributed by atoms with Gasteiger partial charge in [-0.2, -0.15) is 0 Å². The van der Waals surface area contributed by atoms with E-state index in [1.54, 1.807) is 0 Å². The smallest absolute Gasteiger partial charge is 0.201 e. The van der Waals surface area contributed by atoms with E-state index >= 15 is 0 Å². The minimum absolute atomic E-state index is 0.0331. The molecule has 8 atom stereocenters. The van der Waals surface area contributed by atoms with E-state index in [1.165, 1.54) is 6.42 Å². The van der Waals surface area contributed by atoms with Crippen molar-refractivity contribution in [2.45, 2.75) is 70.2 Å². The van der Waals surface area contributed by atoms with Crippen LogP contribution in [0, 0.1) is 23.7 Å². The van der Waals surface area contributed by atoms with Gasteiger partial charge in [0.05, 0.1) is 12.7 Å². The molecule has 21 heavy (non-hydrogen) atoms. The molecule has 5 rings (SSSR count). The Balaban J connectivity index is 1.79. The van der Waals surface area contributed by atoms with Crippen LogP contribution in [0.25, 0.3) is 0 Å². The second-order valence-electron chi connectivity index (χ2n) is 7.63. The van der Waals surface area contributed by atoms with Gasteiger partial charge in [0, 0.05) is 12.3 Å². The van der Waals surface area contributed by atoms with Crippen LogP contribution in [0.5, 0.6) is 0 Å². The first kappa shape index (κ1) is 14.4. The van der Waals surface area contributed by atoms with Crippen LogP contribution >= 0.6 is 0 Å². The van der Waals surface area contributed by atoms with Gasteiger partial charge in [-0.15, -0.1) is 0 Å². The van der Waals surface area contributed by atoms with Gasteiger partial charge in [-0.1, -0.05) is 13.8 Å². The van der Waals surface area contributed by atoms with E-state index in [0.717, 1.165) is 19.3 Å². The Morgan fingerprint density at radius 3 is 2.67 bits per heavy atom. The third kappa shape index (κ3) is 1.81. The van der Waals surface area contributed by atoms with Crippen molar-refractivity contribution in [2.24, 2.45) is 23.7 Å². The molecule has 5 aliphatic rings. The van der Waals surface area contributed by atoms with Crippen LogP contribution in [0.3, 0.4) is 0 Å². The summed E-state index contributed by atoms with van der Waals surface area (Å²) in [6, 6.07) is 0. The standard InChI is InChI=1S/C16H26O5/c1-9-4-5-12-10(2)13(8-17)18-14-16(12)11(9)6-7-15(3,19-14)20-21-16/h9-14,17H,4-8H2,1-3H3/t9-,10-,11+,12+,13?,14-,15+,16-/m1/s1. The van der Waals surface area contributed by atoms with Crippen molar-refractivity contribution < 1.29 is 24.4 Å². The largest absolute Gasteiger partial charge is 0.394 e. The highest BCUT2D eigenvalue weighted by atomic mass is 17.3. The van der Waals surface area contributed by atoms with Gasteiger partial charge >= 0.3 is 0 Å². The van der Waals surface area contributed by atoms with Gasteiger partial charge in [0.1, 0.15) is 0 Å². The zero-order valence-corrected chi connectivity index (χ0v) is 13.1. The molecule has 120 valence electrons. The molecule has 0 amide bonds. The minimum Gasteiger partial charge on any atom is -0.394 e. The molecule has 5 heteroatoms. The second-order valence-corrected chi connectivity index (χ2v) is 7.63. The molecule has 2 bridgehead atoms. The Labute approximate surface area is 125 Å². The van der Waals surface area contributed by atoms with Crippen LogP contribution in [-0.2, 0) is 19.2 Å². The molecule has 0 aromatic heterocycles. The molecule has 4 aliphatic heterocycles. The second kappa shape index (κ2) is 4.65. The van der Waals surface area contributed by atoms with Crippen molar-refractivity contribution >= 4 is 0 Å². The molecule has 0 aromatic rings. The Morgan fingerprint density at radius 1 is 1.10 bits per heavy atom. The molecule has 1 spiro atoms. The molecule has 1 unspecified atom stereocenters. The first-order chi connectivity index (χ1) is 10.00. The molecular weight excluding hydrogens is 272 g/mol. The maximum atomic E-state index is 9.65. The summed E-state index contributed by atoms with van der Waals surface area (Å²) >= 11 is 0. The predicted molar refractivity (Wildman–Crippen MR) is 73.9 cm³/mol. The summed E-state index contributed by atoms with van der Waals surface area (Å²) in [5, 5.41) is 9.65. The van der Waals surface area contributed by atoms with E-state index in [2.05, 4.69) is 13.8 Å². The number of fused-ring (bicyclic) bond motifs is 2. The van der Waals surface area contributed by atoms with Crippen LogP contribution in [0.15, 0.2) is 0 Å². The SMILES string of the molecule is C[C@@H]1CC[C@H]2[C@@H](C)C(CO)O[C@@H]3O[C@]4(C)CC[C@@H]1[C@]32OO4. The molecule has 0 aromatic carbocycles. The van der Waals surface area contributed by atoms with E-state index in [0.29, 0.717) is 17.8 Å². The zero-order chi connectivity index (χ0) is 14.8. The summed E-state index contributed by atoms with van der Waals surface area (Å²) in [5.74, 6) is 0.816. The predicted octanol–water partition coefficient (Wildman–Crippen LogP) is 2.23. The number of aliphatic hydroxyl groups excluding tert-OH is 1. The Hall–Kier alpha value is -0.200. The van der Waals surface area contributed by atoms with Crippen molar-refractivity contribution in [1.82, 2.24) is 0 Å². The van der Waals surface area contributed by atoms with Crippen LogP contribution in [0.1, 0.15) is 46.5 Å². The van der Waals surface area contributed by atoms with Crippen LogP contribution in [0.4, 0.5) is 0 Å². The van der Waals surface area contributed by atoms with E-state index in [-0.39, 0.29) is 18.6 Å². The van der Waals surface area contributed by atoms with Gasteiger partial charge in [0.25, 0.3) is 0 Å². The van der Waals surface area contributed by atoms with Crippen LogP contribution < -0.4 is 0 Å². The van der Waals surface area contributed by atoms with Crippen molar-refractivity contribution in [2.75, 3.05) is 6.61 Å². The summed E-state index contributed by atoms with van der Waals surface area (Å²) < 4.78 is 12.3. The highest BCUT2D eigenvalue weighted by molar-refractivity contribution is 5.09. The average molecular weight is 298 g/mol. The highest BCUT2D eigenvalue weighted by Crippen LogP contribution is 2.60. The maximum Gasteiger partial charge on any atom is 0.201 e. The monoisotopic (exact) mass is 298 g/mol. The van der Waals surface area contributed by atoms with Gasteiger partial charge in [0.2, 0.25) is 5.79 Å². The fourth-order valence-corrected chi connectivity index (χ4v) is 5.19. The summed E-state index contributed by atoms with van der Waals surface area (Å²) in [5.41, 5.74) is -0.501. The maximum absolute atomic E-state index is 9.65. The molecule has 0 radical (unpaired) electrons. The topological polar surface area (TPSA) is 57.2 Å². The first-order valence-corrected chi connectivity index (χ1v) is 8.31. The van der Waals surface area contributed by atoms with E-state index in [1.807, 2.05) is 6.92 Å². The minimum atomic E-state index is -0.724. The van der Waals surface area contributed by atoms with Gasteiger partial charge in [-0.3, -0.25) is 0 Å². The third-order valence-corrected chi connectivity index (χ3v) is 6.47. The van der Waals surface area contributed by atoms with Crippen molar-refractivity contribution in [3.05, 3.63) is 0 Å². The summed E-state index contributed by atoms with van der Waals surface area (Å²) in [6.07, 6.45) is 3.56. The number of hydrogen-bond donors (Lipinski definition) is 1. The number of rotatable bonds is 1. The summed E-state index contributed by atoms with van der Waals surface area (Å²) in [7, 11) is 0. The lowest BCUT2D eigenvalue weighted by atomic mass is 9.57.